The topological polar surface area (TPSA) is 63.1 Å². The van der Waals surface area contributed by atoms with Crippen molar-refractivity contribution in [3.8, 4) is 0 Å². The van der Waals surface area contributed by atoms with Crippen LogP contribution in [0.15, 0.2) is 48.5 Å². The maximum atomic E-state index is 13.2. The Hall–Kier alpha value is -2.80. The Balaban J connectivity index is 1.33. The van der Waals surface area contributed by atoms with E-state index in [9.17, 15) is 9.18 Å². The van der Waals surface area contributed by atoms with E-state index in [1.54, 1.807) is 12.1 Å². The molecule has 0 aliphatic carbocycles. The van der Waals surface area contributed by atoms with Gasteiger partial charge in [-0.3, -0.25) is 9.69 Å². The fourth-order valence-electron chi connectivity index (χ4n) is 3.45. The molecule has 7 heteroatoms. The van der Waals surface area contributed by atoms with Crippen LogP contribution in [-0.2, 0) is 4.79 Å². The molecule has 0 saturated carbocycles. The lowest BCUT2D eigenvalue weighted by Gasteiger charge is -2.31. The summed E-state index contributed by atoms with van der Waals surface area (Å²) in [6.07, 6.45) is 1.83. The number of halogens is 1. The number of hydrogen-bond donors (Lipinski definition) is 1. The third-order valence-corrected chi connectivity index (χ3v) is 4.76. The molecule has 0 atom stereocenters. The molecule has 1 N–H and O–H groups in total. The lowest BCUT2D eigenvalue weighted by Crippen LogP contribution is -2.39. The van der Waals surface area contributed by atoms with Crippen molar-refractivity contribution in [1.29, 1.82) is 0 Å². The highest BCUT2D eigenvalue weighted by atomic mass is 19.1. The summed E-state index contributed by atoms with van der Waals surface area (Å²) in [5, 5.41) is 11.3. The largest absolute Gasteiger partial charge is 0.325 e. The van der Waals surface area contributed by atoms with Gasteiger partial charge < -0.3 is 5.32 Å². The van der Waals surface area contributed by atoms with E-state index in [4.69, 9.17) is 0 Å². The molecule has 0 unspecified atom stereocenters. The monoisotopic (exact) mass is 353 g/mol. The summed E-state index contributed by atoms with van der Waals surface area (Å²) in [7, 11) is 0. The number of nitrogens with zero attached hydrogens (tertiary/aromatic N) is 4. The third kappa shape index (κ3) is 3.57. The van der Waals surface area contributed by atoms with Gasteiger partial charge in [-0.15, -0.1) is 5.10 Å². The number of benzene rings is 2. The molecule has 2 aromatic carbocycles. The summed E-state index contributed by atoms with van der Waals surface area (Å²) in [6.45, 7) is 1.94. The Morgan fingerprint density at radius 1 is 1.15 bits per heavy atom. The number of carbonyl (C=O) groups excluding carboxylic acids is 1. The fourth-order valence-corrected chi connectivity index (χ4v) is 3.45. The van der Waals surface area contributed by atoms with Gasteiger partial charge in [0.1, 0.15) is 11.3 Å². The van der Waals surface area contributed by atoms with Crippen LogP contribution in [0.3, 0.4) is 0 Å². The molecular weight excluding hydrogens is 333 g/mol. The van der Waals surface area contributed by atoms with Gasteiger partial charge in [-0.2, -0.15) is 0 Å². The third-order valence-electron chi connectivity index (χ3n) is 4.76. The van der Waals surface area contributed by atoms with Crippen LogP contribution in [-0.4, -0.2) is 45.4 Å². The zero-order valence-electron chi connectivity index (χ0n) is 14.3. The number of hydrogen-bond acceptors (Lipinski definition) is 4. The SMILES string of the molecule is O=C(CN1CCC(n2nnc3ccccc32)CC1)Nc1cccc(F)c1. The zero-order chi connectivity index (χ0) is 17.9. The Kier molecular flexibility index (Phi) is 4.62. The van der Waals surface area contributed by atoms with Crippen molar-refractivity contribution in [3.05, 3.63) is 54.3 Å². The molecule has 0 radical (unpaired) electrons. The molecular formula is C19H20FN5O. The van der Waals surface area contributed by atoms with Gasteiger partial charge in [-0.1, -0.05) is 23.4 Å². The van der Waals surface area contributed by atoms with E-state index in [1.807, 2.05) is 28.9 Å². The maximum absolute atomic E-state index is 13.2. The van der Waals surface area contributed by atoms with Gasteiger partial charge in [0.15, 0.2) is 0 Å². The standard InChI is InChI=1S/C19H20FN5O/c20-14-4-3-5-15(12-14)21-19(26)13-24-10-8-16(9-11-24)25-18-7-2-1-6-17(18)22-23-25/h1-7,12,16H,8-11,13H2,(H,21,26). The van der Waals surface area contributed by atoms with Gasteiger partial charge in [0.2, 0.25) is 5.91 Å². The molecule has 0 spiro atoms. The molecule has 134 valence electrons. The molecule has 1 saturated heterocycles. The first-order valence-corrected chi connectivity index (χ1v) is 8.77. The number of anilines is 1. The number of likely N-dealkylation sites (tertiary alicyclic amines) is 1. The number of piperidine rings is 1. The molecule has 3 aromatic rings. The summed E-state index contributed by atoms with van der Waals surface area (Å²) in [5.74, 6) is -0.482. The van der Waals surface area contributed by atoms with Crippen LogP contribution in [0.2, 0.25) is 0 Å². The highest BCUT2D eigenvalue weighted by Crippen LogP contribution is 2.25. The van der Waals surface area contributed by atoms with Crippen LogP contribution >= 0.6 is 0 Å². The van der Waals surface area contributed by atoms with Crippen molar-refractivity contribution in [3.63, 3.8) is 0 Å². The van der Waals surface area contributed by atoms with E-state index in [0.717, 1.165) is 37.0 Å². The summed E-state index contributed by atoms with van der Waals surface area (Å²) < 4.78 is 15.2. The summed E-state index contributed by atoms with van der Waals surface area (Å²) >= 11 is 0. The lowest BCUT2D eigenvalue weighted by molar-refractivity contribution is -0.117. The normalized spacial score (nSPS) is 16.0. The Morgan fingerprint density at radius 3 is 2.77 bits per heavy atom. The number of amides is 1. The first-order valence-electron chi connectivity index (χ1n) is 8.77. The number of fused-ring (bicyclic) bond motifs is 1. The number of aromatic nitrogens is 3. The van der Waals surface area contributed by atoms with Gasteiger partial charge in [0, 0.05) is 18.8 Å². The van der Waals surface area contributed by atoms with Crippen LogP contribution in [0.4, 0.5) is 10.1 Å². The number of rotatable bonds is 4. The van der Waals surface area contributed by atoms with Gasteiger partial charge in [0.05, 0.1) is 18.1 Å². The summed E-state index contributed by atoms with van der Waals surface area (Å²) in [6, 6.07) is 14.2. The molecule has 4 rings (SSSR count). The smallest absolute Gasteiger partial charge is 0.238 e. The minimum Gasteiger partial charge on any atom is -0.325 e. The lowest BCUT2D eigenvalue weighted by atomic mass is 10.0. The molecule has 1 aliphatic rings. The summed E-state index contributed by atoms with van der Waals surface area (Å²) in [5.41, 5.74) is 2.44. The average Bonchev–Trinajstić information content (AvgIpc) is 3.06. The van der Waals surface area contributed by atoms with Crippen LogP contribution in [0.25, 0.3) is 11.0 Å². The molecule has 2 heterocycles. The van der Waals surface area contributed by atoms with Gasteiger partial charge in [-0.05, 0) is 43.2 Å². The van der Waals surface area contributed by atoms with E-state index in [-0.39, 0.29) is 11.7 Å². The molecule has 1 aromatic heterocycles. The minimum absolute atomic E-state index is 0.125. The Bertz CT molecular complexity index is 917. The molecule has 6 nitrogen and oxygen atoms in total. The molecule has 0 bridgehead atoms. The molecule has 1 aliphatic heterocycles. The van der Waals surface area contributed by atoms with Crippen LogP contribution < -0.4 is 5.32 Å². The van der Waals surface area contributed by atoms with E-state index in [0.29, 0.717) is 18.3 Å². The second-order valence-electron chi connectivity index (χ2n) is 6.59. The quantitative estimate of drug-likeness (QED) is 0.783. The van der Waals surface area contributed by atoms with E-state index in [1.165, 1.54) is 12.1 Å². The first kappa shape index (κ1) is 16.7. The maximum Gasteiger partial charge on any atom is 0.238 e. The zero-order valence-corrected chi connectivity index (χ0v) is 14.3. The van der Waals surface area contributed by atoms with E-state index in [2.05, 4.69) is 20.5 Å². The number of nitrogens with one attached hydrogen (secondary N) is 1. The van der Waals surface area contributed by atoms with Gasteiger partial charge in [-0.25, -0.2) is 9.07 Å². The van der Waals surface area contributed by atoms with E-state index < -0.39 is 0 Å². The molecule has 26 heavy (non-hydrogen) atoms. The van der Waals surface area contributed by atoms with Gasteiger partial charge in [0.25, 0.3) is 0 Å². The average molecular weight is 353 g/mol. The van der Waals surface area contributed by atoms with Gasteiger partial charge >= 0.3 is 0 Å². The fraction of sp³-hybridized carbons (Fsp3) is 0.316. The molecule has 1 fully saturated rings. The number of carbonyl (C=O) groups is 1. The van der Waals surface area contributed by atoms with Crippen LogP contribution in [0.1, 0.15) is 18.9 Å². The molecule has 1 amide bonds. The second-order valence-corrected chi connectivity index (χ2v) is 6.59. The Labute approximate surface area is 150 Å². The minimum atomic E-state index is -0.358. The predicted molar refractivity (Wildman–Crippen MR) is 97.3 cm³/mol. The highest BCUT2D eigenvalue weighted by Gasteiger charge is 2.24. The first-order chi connectivity index (χ1) is 12.7. The van der Waals surface area contributed by atoms with Crippen molar-refractivity contribution >= 4 is 22.6 Å². The summed E-state index contributed by atoms with van der Waals surface area (Å²) in [4.78, 5) is 14.3. The van der Waals surface area contributed by atoms with Crippen molar-refractivity contribution in [2.75, 3.05) is 25.0 Å². The van der Waals surface area contributed by atoms with Crippen molar-refractivity contribution < 1.29 is 9.18 Å². The van der Waals surface area contributed by atoms with Crippen molar-refractivity contribution in [2.24, 2.45) is 0 Å². The van der Waals surface area contributed by atoms with Crippen molar-refractivity contribution in [2.45, 2.75) is 18.9 Å². The van der Waals surface area contributed by atoms with Crippen molar-refractivity contribution in [1.82, 2.24) is 19.9 Å². The van der Waals surface area contributed by atoms with Crippen LogP contribution in [0.5, 0.6) is 0 Å². The second kappa shape index (κ2) is 7.21. The van der Waals surface area contributed by atoms with E-state index >= 15 is 0 Å². The predicted octanol–water partition coefficient (Wildman–Crippen LogP) is 2.85. The highest BCUT2D eigenvalue weighted by molar-refractivity contribution is 5.92. The Morgan fingerprint density at radius 2 is 1.96 bits per heavy atom. The number of para-hydroxylation sites is 1. The van der Waals surface area contributed by atoms with Crippen LogP contribution in [0, 0.1) is 5.82 Å².